The van der Waals surface area contributed by atoms with Crippen LogP contribution in [-0.2, 0) is 19.1 Å². The summed E-state index contributed by atoms with van der Waals surface area (Å²) in [5, 5.41) is 0. The van der Waals surface area contributed by atoms with Gasteiger partial charge in [0.05, 0.1) is 25.0 Å². The van der Waals surface area contributed by atoms with Crippen LogP contribution in [0, 0.1) is 11.8 Å². The zero-order valence-electron chi connectivity index (χ0n) is 9.49. The van der Waals surface area contributed by atoms with E-state index in [4.69, 9.17) is 9.47 Å². The van der Waals surface area contributed by atoms with Gasteiger partial charge in [-0.1, -0.05) is 6.92 Å². The van der Waals surface area contributed by atoms with E-state index < -0.39 is 0 Å². The first-order valence-electron chi connectivity index (χ1n) is 5.40. The zero-order chi connectivity index (χ0) is 11.4. The Hall–Kier alpha value is -1.06. The van der Waals surface area contributed by atoms with Gasteiger partial charge in [0.1, 0.15) is 0 Å². The highest BCUT2D eigenvalue weighted by Gasteiger charge is 2.36. The molecule has 4 nitrogen and oxygen atoms in total. The molecule has 1 saturated heterocycles. The van der Waals surface area contributed by atoms with Crippen molar-refractivity contribution in [2.45, 2.75) is 39.7 Å². The molecule has 0 aliphatic carbocycles. The van der Waals surface area contributed by atoms with E-state index in [9.17, 15) is 9.59 Å². The molecular formula is C11H18O4. The molecule has 0 aromatic rings. The molecule has 1 fully saturated rings. The molecule has 4 heteroatoms. The van der Waals surface area contributed by atoms with Crippen LogP contribution >= 0.6 is 0 Å². The van der Waals surface area contributed by atoms with Gasteiger partial charge >= 0.3 is 11.9 Å². The summed E-state index contributed by atoms with van der Waals surface area (Å²) < 4.78 is 9.96. The van der Waals surface area contributed by atoms with Crippen molar-refractivity contribution in [2.24, 2.45) is 11.8 Å². The molecule has 0 aromatic heterocycles. The predicted octanol–water partition coefficient (Wildman–Crippen LogP) is 1.53. The summed E-state index contributed by atoms with van der Waals surface area (Å²) in [4.78, 5) is 22.6. The number of cyclic esters (lactones) is 1. The van der Waals surface area contributed by atoms with Gasteiger partial charge in [0.15, 0.2) is 0 Å². The second-order valence-electron chi connectivity index (χ2n) is 4.15. The molecule has 0 N–H and O–H groups in total. The van der Waals surface area contributed by atoms with Gasteiger partial charge in [-0.2, -0.15) is 0 Å². The summed E-state index contributed by atoms with van der Waals surface area (Å²) in [7, 11) is 0. The monoisotopic (exact) mass is 214 g/mol. The molecule has 0 amide bonds. The smallest absolute Gasteiger partial charge is 0.309 e. The van der Waals surface area contributed by atoms with Crippen molar-refractivity contribution in [3.05, 3.63) is 0 Å². The van der Waals surface area contributed by atoms with E-state index >= 15 is 0 Å². The minimum Gasteiger partial charge on any atom is -0.465 e. The third kappa shape index (κ3) is 3.22. The van der Waals surface area contributed by atoms with Gasteiger partial charge in [0.25, 0.3) is 0 Å². The standard InChI is InChI=1S/C11H18O4/c1-4-9-8(6-14-11(9)13)5-10(12)15-7(2)3/h7-9H,4-6H2,1-3H3/t8-,9+/m0/s1. The van der Waals surface area contributed by atoms with Crippen LogP contribution in [0.25, 0.3) is 0 Å². The molecule has 15 heavy (non-hydrogen) atoms. The second-order valence-corrected chi connectivity index (χ2v) is 4.15. The summed E-state index contributed by atoms with van der Waals surface area (Å²) >= 11 is 0. The minimum atomic E-state index is -0.244. The van der Waals surface area contributed by atoms with E-state index in [-0.39, 0.29) is 36.3 Å². The second kappa shape index (κ2) is 5.14. The quantitative estimate of drug-likeness (QED) is 0.666. The highest BCUT2D eigenvalue weighted by Crippen LogP contribution is 2.28. The molecule has 1 aliphatic heterocycles. The van der Waals surface area contributed by atoms with Crippen molar-refractivity contribution in [1.29, 1.82) is 0 Å². The number of rotatable bonds is 4. The molecule has 1 heterocycles. The summed E-state index contributed by atoms with van der Waals surface area (Å²) in [6.45, 7) is 5.90. The van der Waals surface area contributed by atoms with Crippen LogP contribution in [0.2, 0.25) is 0 Å². The van der Waals surface area contributed by atoms with E-state index in [0.29, 0.717) is 6.61 Å². The summed E-state index contributed by atoms with van der Waals surface area (Å²) in [6.07, 6.45) is 0.900. The molecule has 0 unspecified atom stereocenters. The Morgan fingerprint density at radius 3 is 2.80 bits per heavy atom. The average molecular weight is 214 g/mol. The Balaban J connectivity index is 2.44. The molecular weight excluding hydrogens is 196 g/mol. The van der Waals surface area contributed by atoms with E-state index in [1.54, 1.807) is 0 Å². The van der Waals surface area contributed by atoms with Crippen LogP contribution in [0.5, 0.6) is 0 Å². The molecule has 0 spiro atoms. The van der Waals surface area contributed by atoms with Crippen LogP contribution < -0.4 is 0 Å². The Bertz CT molecular complexity index is 247. The molecule has 1 rings (SSSR count). The van der Waals surface area contributed by atoms with Crippen LogP contribution in [0.15, 0.2) is 0 Å². The maximum atomic E-state index is 11.4. The topological polar surface area (TPSA) is 52.6 Å². The number of esters is 2. The van der Waals surface area contributed by atoms with Crippen LogP contribution in [0.4, 0.5) is 0 Å². The lowest BCUT2D eigenvalue weighted by molar-refractivity contribution is -0.148. The lowest BCUT2D eigenvalue weighted by Gasteiger charge is -2.13. The summed E-state index contributed by atoms with van der Waals surface area (Å²) in [5.74, 6) is -0.565. The number of carbonyl (C=O) groups excluding carboxylic acids is 2. The van der Waals surface area contributed by atoms with Gasteiger partial charge in [-0.05, 0) is 20.3 Å². The fourth-order valence-electron chi connectivity index (χ4n) is 1.83. The van der Waals surface area contributed by atoms with Gasteiger partial charge in [-0.3, -0.25) is 9.59 Å². The van der Waals surface area contributed by atoms with Crippen LogP contribution in [0.1, 0.15) is 33.6 Å². The minimum absolute atomic E-state index is 0.00579. The first-order chi connectivity index (χ1) is 7.04. The van der Waals surface area contributed by atoms with Crippen molar-refractivity contribution in [3.63, 3.8) is 0 Å². The number of hydrogen-bond acceptors (Lipinski definition) is 4. The third-order valence-electron chi connectivity index (χ3n) is 2.55. The number of hydrogen-bond donors (Lipinski definition) is 0. The Morgan fingerprint density at radius 1 is 1.60 bits per heavy atom. The van der Waals surface area contributed by atoms with Crippen molar-refractivity contribution < 1.29 is 19.1 Å². The fourth-order valence-corrected chi connectivity index (χ4v) is 1.83. The molecule has 1 aliphatic rings. The van der Waals surface area contributed by atoms with Gasteiger partial charge < -0.3 is 9.47 Å². The molecule has 0 radical (unpaired) electrons. The molecule has 0 bridgehead atoms. The lowest BCUT2D eigenvalue weighted by atomic mass is 9.90. The van der Waals surface area contributed by atoms with E-state index in [1.807, 2.05) is 20.8 Å². The van der Waals surface area contributed by atoms with Crippen LogP contribution in [0.3, 0.4) is 0 Å². The first kappa shape index (κ1) is 12.0. The van der Waals surface area contributed by atoms with Gasteiger partial charge in [0, 0.05) is 5.92 Å². The third-order valence-corrected chi connectivity index (χ3v) is 2.55. The highest BCUT2D eigenvalue weighted by molar-refractivity contribution is 5.77. The van der Waals surface area contributed by atoms with Crippen molar-refractivity contribution in [1.82, 2.24) is 0 Å². The average Bonchev–Trinajstić information content (AvgIpc) is 2.45. The van der Waals surface area contributed by atoms with Gasteiger partial charge in [-0.25, -0.2) is 0 Å². The Kier molecular flexibility index (Phi) is 4.12. The van der Waals surface area contributed by atoms with E-state index in [1.165, 1.54) is 0 Å². The largest absolute Gasteiger partial charge is 0.465 e. The SMILES string of the molecule is CC[C@H]1C(=O)OC[C@@H]1CC(=O)OC(C)C. The summed E-state index contributed by atoms with van der Waals surface area (Å²) in [6, 6.07) is 0. The number of ether oxygens (including phenoxy) is 2. The highest BCUT2D eigenvalue weighted by atomic mass is 16.5. The zero-order valence-corrected chi connectivity index (χ0v) is 9.49. The molecule has 0 aromatic carbocycles. The fraction of sp³-hybridized carbons (Fsp3) is 0.818. The van der Waals surface area contributed by atoms with Crippen molar-refractivity contribution >= 4 is 11.9 Å². The maximum Gasteiger partial charge on any atom is 0.309 e. The van der Waals surface area contributed by atoms with Crippen molar-refractivity contribution in [3.8, 4) is 0 Å². The maximum absolute atomic E-state index is 11.4. The summed E-state index contributed by atoms with van der Waals surface area (Å²) in [5.41, 5.74) is 0. The lowest BCUT2D eigenvalue weighted by Crippen LogP contribution is -2.21. The number of carbonyl (C=O) groups is 2. The Morgan fingerprint density at radius 2 is 2.27 bits per heavy atom. The Labute approximate surface area is 89.9 Å². The predicted molar refractivity (Wildman–Crippen MR) is 54.1 cm³/mol. The first-order valence-corrected chi connectivity index (χ1v) is 5.40. The molecule has 86 valence electrons. The van der Waals surface area contributed by atoms with Crippen molar-refractivity contribution in [2.75, 3.05) is 6.61 Å². The molecule has 0 saturated carbocycles. The molecule has 2 atom stereocenters. The normalized spacial score (nSPS) is 25.5. The van der Waals surface area contributed by atoms with E-state index in [2.05, 4.69) is 0 Å². The van der Waals surface area contributed by atoms with E-state index in [0.717, 1.165) is 6.42 Å². The van der Waals surface area contributed by atoms with Crippen LogP contribution in [-0.4, -0.2) is 24.6 Å². The van der Waals surface area contributed by atoms with Gasteiger partial charge in [-0.15, -0.1) is 0 Å². The van der Waals surface area contributed by atoms with Gasteiger partial charge in [0.2, 0.25) is 0 Å².